The second kappa shape index (κ2) is 7.87. The van der Waals surface area contributed by atoms with E-state index in [0.717, 1.165) is 35.5 Å². The fraction of sp³-hybridized carbons (Fsp3) is 0.647. The molecule has 1 heterocycles. The molecule has 1 N–H and O–H groups in total. The first-order chi connectivity index (χ1) is 16.8. The van der Waals surface area contributed by atoms with Crippen LogP contribution in [0.5, 0.6) is 0 Å². The summed E-state index contributed by atoms with van der Waals surface area (Å²) in [6.45, 7) is 10.0. The van der Waals surface area contributed by atoms with Crippen LogP contribution in [0.2, 0.25) is 0 Å². The Morgan fingerprint density at radius 2 is 0.914 bits per heavy atom. The first kappa shape index (κ1) is 22.4. The predicted octanol–water partition coefficient (Wildman–Crippen LogP) is 9.53. The van der Waals surface area contributed by atoms with E-state index in [9.17, 15) is 0 Å². The Hall–Kier alpha value is -1.76. The number of nitrogens with one attached hydrogen (secondary N) is 1. The normalized spacial score (nSPS) is 41.4. The van der Waals surface area contributed by atoms with Gasteiger partial charge in [0, 0.05) is 21.8 Å². The van der Waals surface area contributed by atoms with Crippen molar-refractivity contribution < 1.29 is 0 Å². The fourth-order valence-electron chi connectivity index (χ4n) is 10.7. The van der Waals surface area contributed by atoms with Crippen molar-refractivity contribution >= 4 is 21.8 Å². The molecule has 1 heteroatoms. The average molecular weight is 468 g/mol. The van der Waals surface area contributed by atoms with Crippen LogP contribution in [0.3, 0.4) is 0 Å². The van der Waals surface area contributed by atoms with Crippen LogP contribution in [-0.2, 0) is 10.8 Å². The number of hydrogen-bond acceptors (Lipinski definition) is 0. The van der Waals surface area contributed by atoms with E-state index in [4.69, 9.17) is 0 Å². The van der Waals surface area contributed by atoms with Crippen molar-refractivity contribution in [3.63, 3.8) is 0 Å². The van der Waals surface area contributed by atoms with E-state index < -0.39 is 0 Å². The van der Waals surface area contributed by atoms with E-state index in [2.05, 4.69) is 69.1 Å². The highest BCUT2D eigenvalue weighted by Gasteiger charge is 2.46. The molecule has 0 amide bonds. The predicted molar refractivity (Wildman–Crippen MR) is 149 cm³/mol. The zero-order chi connectivity index (χ0) is 23.9. The molecule has 186 valence electrons. The number of aromatic amines is 1. The van der Waals surface area contributed by atoms with Crippen LogP contribution in [0.4, 0.5) is 0 Å². The third-order valence-corrected chi connectivity index (χ3v) is 11.1. The van der Waals surface area contributed by atoms with Gasteiger partial charge in [-0.05, 0) is 146 Å². The van der Waals surface area contributed by atoms with E-state index in [1.807, 2.05) is 0 Å². The maximum atomic E-state index is 3.78. The van der Waals surface area contributed by atoms with Crippen LogP contribution < -0.4 is 0 Å². The molecule has 2 aromatic carbocycles. The standard InChI is InChI=1S/C34H45N/c1-21-9-25-10-22(2)16-33(15-21,19-25)27-5-7-31-29(13-27)30-14-28(6-8-32(30)35-31)34-17-23(3)11-26(20-34)12-24(4)18-34/h5-8,13-14,21-26,35H,9-12,15-20H2,1-4H3. The van der Waals surface area contributed by atoms with E-state index in [-0.39, 0.29) is 0 Å². The van der Waals surface area contributed by atoms with Gasteiger partial charge in [-0.1, -0.05) is 39.8 Å². The lowest BCUT2D eigenvalue weighted by Gasteiger charge is -2.50. The number of rotatable bonds is 2. The highest BCUT2D eigenvalue weighted by Crippen LogP contribution is 2.56. The number of hydrogen-bond donors (Lipinski definition) is 1. The minimum Gasteiger partial charge on any atom is -0.355 e. The van der Waals surface area contributed by atoms with Gasteiger partial charge in [0.25, 0.3) is 0 Å². The molecule has 0 aliphatic heterocycles. The van der Waals surface area contributed by atoms with E-state index in [1.54, 1.807) is 11.1 Å². The van der Waals surface area contributed by atoms with Crippen molar-refractivity contribution in [1.29, 1.82) is 0 Å². The second-order valence-corrected chi connectivity index (χ2v) is 14.5. The number of H-pyrrole nitrogens is 1. The number of fused-ring (bicyclic) bond motifs is 7. The Morgan fingerprint density at radius 3 is 1.29 bits per heavy atom. The summed E-state index contributed by atoms with van der Waals surface area (Å²) in [5.74, 6) is 5.31. The van der Waals surface area contributed by atoms with Crippen molar-refractivity contribution in [2.24, 2.45) is 35.5 Å². The van der Waals surface area contributed by atoms with E-state index in [1.165, 1.54) is 86.0 Å². The molecule has 4 bridgehead atoms. The van der Waals surface area contributed by atoms with Gasteiger partial charge in [0.2, 0.25) is 0 Å². The summed E-state index contributed by atoms with van der Waals surface area (Å²) in [6.07, 6.45) is 14.2. The lowest BCUT2D eigenvalue weighted by Crippen LogP contribution is -2.42. The van der Waals surface area contributed by atoms with Gasteiger partial charge < -0.3 is 4.98 Å². The molecule has 0 radical (unpaired) electrons. The van der Waals surface area contributed by atoms with E-state index >= 15 is 0 Å². The zero-order valence-corrected chi connectivity index (χ0v) is 22.5. The smallest absolute Gasteiger partial charge is 0.0465 e. The van der Waals surface area contributed by atoms with Crippen molar-refractivity contribution in [3.8, 4) is 0 Å². The summed E-state index contributed by atoms with van der Waals surface area (Å²) < 4.78 is 0. The third-order valence-electron chi connectivity index (χ3n) is 11.1. The summed E-state index contributed by atoms with van der Waals surface area (Å²) in [5, 5.41) is 2.95. The van der Waals surface area contributed by atoms with Gasteiger partial charge in [-0.15, -0.1) is 0 Å². The molecule has 7 rings (SSSR count). The maximum absolute atomic E-state index is 3.78. The Labute approximate surface area is 212 Å². The molecular formula is C34H45N. The van der Waals surface area contributed by atoms with Crippen LogP contribution >= 0.6 is 0 Å². The van der Waals surface area contributed by atoms with E-state index in [0.29, 0.717) is 10.8 Å². The SMILES string of the molecule is CC1CC2CC(C)CC(c3ccc4[nH]c5ccc(C67CC(C)CC(CC(C)C6)C7)cc5c4c3)(C1)C2. The summed E-state index contributed by atoms with van der Waals surface area (Å²) in [4.78, 5) is 3.78. The topological polar surface area (TPSA) is 15.8 Å². The van der Waals surface area contributed by atoms with Crippen molar-refractivity contribution in [2.75, 3.05) is 0 Å². The van der Waals surface area contributed by atoms with Crippen LogP contribution in [-0.4, -0.2) is 4.98 Å². The summed E-state index contributed by atoms with van der Waals surface area (Å²) >= 11 is 0. The Bertz CT molecular complexity index is 1130. The monoisotopic (exact) mass is 467 g/mol. The molecular weight excluding hydrogens is 422 g/mol. The molecule has 35 heavy (non-hydrogen) atoms. The summed E-state index contributed by atoms with van der Waals surface area (Å²) in [7, 11) is 0. The molecule has 1 nitrogen and oxygen atoms in total. The average Bonchev–Trinajstić information content (AvgIpc) is 3.14. The van der Waals surface area contributed by atoms with Crippen LogP contribution in [0.1, 0.15) is 103 Å². The van der Waals surface area contributed by atoms with Gasteiger partial charge in [-0.25, -0.2) is 0 Å². The molecule has 4 saturated carbocycles. The zero-order valence-electron chi connectivity index (χ0n) is 22.5. The number of benzene rings is 2. The summed E-state index contributed by atoms with van der Waals surface area (Å²) in [6, 6.07) is 15.0. The maximum Gasteiger partial charge on any atom is 0.0465 e. The molecule has 0 spiro atoms. The highest BCUT2D eigenvalue weighted by atomic mass is 14.7. The molecule has 3 aromatic rings. The molecule has 4 unspecified atom stereocenters. The van der Waals surface area contributed by atoms with Gasteiger partial charge in [-0.3, -0.25) is 0 Å². The Morgan fingerprint density at radius 1 is 0.543 bits per heavy atom. The molecule has 4 atom stereocenters. The molecule has 0 saturated heterocycles. The van der Waals surface area contributed by atoms with Gasteiger partial charge in [0.15, 0.2) is 0 Å². The Kier molecular flexibility index (Phi) is 5.04. The summed E-state index contributed by atoms with van der Waals surface area (Å²) in [5.41, 5.74) is 6.72. The van der Waals surface area contributed by atoms with Gasteiger partial charge in [0.05, 0.1) is 0 Å². The van der Waals surface area contributed by atoms with Crippen LogP contribution in [0, 0.1) is 35.5 Å². The molecule has 1 aromatic heterocycles. The molecule has 4 aliphatic rings. The van der Waals surface area contributed by atoms with Gasteiger partial charge >= 0.3 is 0 Å². The fourth-order valence-corrected chi connectivity index (χ4v) is 10.7. The highest BCUT2D eigenvalue weighted by molar-refractivity contribution is 6.07. The number of aromatic nitrogens is 1. The second-order valence-electron chi connectivity index (χ2n) is 14.5. The van der Waals surface area contributed by atoms with Crippen molar-refractivity contribution in [1.82, 2.24) is 4.98 Å². The quantitative estimate of drug-likeness (QED) is 0.386. The Balaban J connectivity index is 1.34. The lowest BCUT2D eigenvalue weighted by atomic mass is 9.54. The van der Waals surface area contributed by atoms with Gasteiger partial charge in [-0.2, -0.15) is 0 Å². The van der Waals surface area contributed by atoms with Crippen LogP contribution in [0.15, 0.2) is 36.4 Å². The first-order valence-electron chi connectivity index (χ1n) is 14.9. The van der Waals surface area contributed by atoms with Crippen molar-refractivity contribution in [2.45, 2.75) is 103 Å². The van der Waals surface area contributed by atoms with Crippen LogP contribution in [0.25, 0.3) is 21.8 Å². The molecule has 4 fully saturated rings. The molecule has 4 aliphatic carbocycles. The lowest BCUT2D eigenvalue weighted by molar-refractivity contribution is 0.0779. The first-order valence-corrected chi connectivity index (χ1v) is 14.9. The van der Waals surface area contributed by atoms with Crippen molar-refractivity contribution in [3.05, 3.63) is 47.5 Å². The largest absolute Gasteiger partial charge is 0.355 e. The van der Waals surface area contributed by atoms with Gasteiger partial charge in [0.1, 0.15) is 0 Å². The minimum atomic E-state index is 0.402. The third kappa shape index (κ3) is 3.62. The minimum absolute atomic E-state index is 0.402.